The van der Waals surface area contributed by atoms with Crippen LogP contribution in [0.2, 0.25) is 0 Å². The largest absolute Gasteiger partial charge is 0.456 e. The quantitative estimate of drug-likeness (QED) is 0.172. The fourth-order valence-corrected chi connectivity index (χ4v) is 7.98. The van der Waals surface area contributed by atoms with Crippen LogP contribution in [0.3, 0.4) is 0 Å². The third-order valence-electron chi connectivity index (χ3n) is 10.7. The van der Waals surface area contributed by atoms with Crippen LogP contribution in [0, 0.1) is 0 Å². The van der Waals surface area contributed by atoms with Crippen LogP contribution in [0.15, 0.2) is 203 Å². The van der Waals surface area contributed by atoms with E-state index in [2.05, 4.69) is 152 Å². The standard InChI is InChI=1S/C52H32N2O2/c1-4-14-33(15-5-1)37-28-38(34-16-6-2-7-17-34)30-39(29-37)45-32-46(54-52(53-45)35-18-8-3-9-19-35)42-26-25-40(50-43-21-11-13-23-48(43)56-51(42)50)36-24-27-49-44(31-36)41-20-10-12-22-47(41)55-49/h1-32H. The number of hydrogen-bond donors (Lipinski definition) is 0. The summed E-state index contributed by atoms with van der Waals surface area (Å²) in [6.07, 6.45) is 0. The normalized spacial score (nSPS) is 11.6. The van der Waals surface area contributed by atoms with E-state index in [4.69, 9.17) is 18.8 Å². The van der Waals surface area contributed by atoms with Crippen LogP contribution in [-0.2, 0) is 0 Å². The van der Waals surface area contributed by atoms with E-state index < -0.39 is 0 Å². The Labute approximate surface area is 323 Å². The number of fused-ring (bicyclic) bond motifs is 6. The molecule has 11 aromatic rings. The van der Waals surface area contributed by atoms with Gasteiger partial charge in [0.2, 0.25) is 0 Å². The first-order chi connectivity index (χ1) is 27.7. The molecular weight excluding hydrogens is 685 g/mol. The molecule has 0 unspecified atom stereocenters. The van der Waals surface area contributed by atoms with Gasteiger partial charge in [-0.05, 0) is 88.0 Å². The van der Waals surface area contributed by atoms with Crippen molar-refractivity contribution >= 4 is 43.9 Å². The number of benzene rings is 8. The van der Waals surface area contributed by atoms with Crippen molar-refractivity contribution in [2.24, 2.45) is 0 Å². The minimum Gasteiger partial charge on any atom is -0.456 e. The molecule has 0 saturated heterocycles. The molecular formula is C52H32N2O2. The van der Waals surface area contributed by atoms with Crippen LogP contribution in [0.5, 0.6) is 0 Å². The molecule has 3 heterocycles. The molecule has 4 heteroatoms. The van der Waals surface area contributed by atoms with Crippen LogP contribution < -0.4 is 0 Å². The second kappa shape index (κ2) is 13.1. The SMILES string of the molecule is c1ccc(-c2cc(-c3ccccc3)cc(-c3cc(-c4ccc(-c5ccc6oc7ccccc7c6c5)c5c4oc4ccccc45)nc(-c4ccccc4)n3)c2)cc1. The summed E-state index contributed by atoms with van der Waals surface area (Å²) < 4.78 is 13.0. The van der Waals surface area contributed by atoms with Gasteiger partial charge in [0.05, 0.1) is 11.4 Å². The summed E-state index contributed by atoms with van der Waals surface area (Å²) in [5.74, 6) is 0.648. The Balaban J connectivity index is 1.15. The molecule has 8 aromatic carbocycles. The molecule has 0 fully saturated rings. The summed E-state index contributed by atoms with van der Waals surface area (Å²) in [7, 11) is 0. The molecule has 0 aliphatic rings. The Morgan fingerprint density at radius 3 is 1.54 bits per heavy atom. The molecule has 11 rings (SSSR count). The van der Waals surface area contributed by atoms with Crippen molar-refractivity contribution in [3.05, 3.63) is 194 Å². The first kappa shape index (κ1) is 31.9. The van der Waals surface area contributed by atoms with E-state index >= 15 is 0 Å². The molecule has 3 aromatic heterocycles. The predicted molar refractivity (Wildman–Crippen MR) is 229 cm³/mol. The van der Waals surface area contributed by atoms with E-state index in [1.54, 1.807) is 0 Å². The molecule has 0 N–H and O–H groups in total. The topological polar surface area (TPSA) is 52.1 Å². The first-order valence-electron chi connectivity index (χ1n) is 18.8. The maximum atomic E-state index is 6.81. The van der Waals surface area contributed by atoms with Gasteiger partial charge in [-0.25, -0.2) is 9.97 Å². The van der Waals surface area contributed by atoms with Crippen LogP contribution in [0.1, 0.15) is 0 Å². The van der Waals surface area contributed by atoms with E-state index in [9.17, 15) is 0 Å². The van der Waals surface area contributed by atoms with Crippen molar-refractivity contribution in [2.45, 2.75) is 0 Å². The molecule has 0 radical (unpaired) electrons. The summed E-state index contributed by atoms with van der Waals surface area (Å²) in [5.41, 5.74) is 14.5. The van der Waals surface area contributed by atoms with Crippen molar-refractivity contribution in [1.29, 1.82) is 0 Å². The van der Waals surface area contributed by atoms with E-state index in [1.807, 2.05) is 42.5 Å². The van der Waals surface area contributed by atoms with E-state index in [1.165, 1.54) is 0 Å². The Morgan fingerprint density at radius 1 is 0.304 bits per heavy atom. The third-order valence-corrected chi connectivity index (χ3v) is 10.7. The monoisotopic (exact) mass is 716 g/mol. The van der Waals surface area contributed by atoms with Gasteiger partial charge in [0, 0.05) is 38.2 Å². The minimum absolute atomic E-state index is 0.648. The van der Waals surface area contributed by atoms with Gasteiger partial charge in [-0.2, -0.15) is 0 Å². The van der Waals surface area contributed by atoms with Gasteiger partial charge in [0.25, 0.3) is 0 Å². The van der Waals surface area contributed by atoms with E-state index in [-0.39, 0.29) is 0 Å². The molecule has 4 nitrogen and oxygen atoms in total. The Hall–Kier alpha value is -7.56. The van der Waals surface area contributed by atoms with Crippen molar-refractivity contribution < 1.29 is 8.83 Å². The highest BCUT2D eigenvalue weighted by Crippen LogP contribution is 2.44. The van der Waals surface area contributed by atoms with Crippen molar-refractivity contribution in [1.82, 2.24) is 9.97 Å². The lowest BCUT2D eigenvalue weighted by Gasteiger charge is -2.14. The lowest BCUT2D eigenvalue weighted by molar-refractivity contribution is 0.669. The highest BCUT2D eigenvalue weighted by molar-refractivity contribution is 6.17. The molecule has 0 amide bonds. The molecule has 262 valence electrons. The van der Waals surface area contributed by atoms with Crippen LogP contribution in [0.25, 0.3) is 111 Å². The zero-order valence-corrected chi connectivity index (χ0v) is 30.2. The number of rotatable bonds is 6. The van der Waals surface area contributed by atoms with E-state index in [0.29, 0.717) is 5.82 Å². The maximum Gasteiger partial charge on any atom is 0.160 e. The van der Waals surface area contributed by atoms with Gasteiger partial charge in [0.1, 0.15) is 22.3 Å². The molecule has 0 bridgehead atoms. The zero-order chi connectivity index (χ0) is 37.0. The fraction of sp³-hybridized carbons (Fsp3) is 0. The van der Waals surface area contributed by atoms with Gasteiger partial charge < -0.3 is 8.83 Å². The minimum atomic E-state index is 0.648. The average Bonchev–Trinajstić information content (AvgIpc) is 3.85. The average molecular weight is 717 g/mol. The lowest BCUT2D eigenvalue weighted by atomic mass is 9.93. The van der Waals surface area contributed by atoms with Gasteiger partial charge in [-0.3, -0.25) is 0 Å². The number of nitrogens with zero attached hydrogens (tertiary/aromatic N) is 2. The number of furan rings is 2. The van der Waals surface area contributed by atoms with Gasteiger partial charge in [-0.15, -0.1) is 0 Å². The van der Waals surface area contributed by atoms with Gasteiger partial charge in [0.15, 0.2) is 5.82 Å². The van der Waals surface area contributed by atoms with Crippen LogP contribution >= 0.6 is 0 Å². The second-order valence-corrected chi connectivity index (χ2v) is 14.1. The molecule has 0 saturated carbocycles. The van der Waals surface area contributed by atoms with Crippen molar-refractivity contribution in [3.8, 4) is 67.3 Å². The molecule has 0 spiro atoms. The molecule has 0 atom stereocenters. The number of hydrogen-bond acceptors (Lipinski definition) is 4. The highest BCUT2D eigenvalue weighted by Gasteiger charge is 2.21. The highest BCUT2D eigenvalue weighted by atomic mass is 16.3. The Bertz CT molecular complexity index is 3180. The third kappa shape index (κ3) is 5.47. The summed E-state index contributed by atoms with van der Waals surface area (Å²) in [6, 6.07) is 67.4. The summed E-state index contributed by atoms with van der Waals surface area (Å²) >= 11 is 0. The summed E-state index contributed by atoms with van der Waals surface area (Å²) in [5, 5.41) is 4.29. The van der Waals surface area contributed by atoms with Crippen LogP contribution in [0.4, 0.5) is 0 Å². The lowest BCUT2D eigenvalue weighted by Crippen LogP contribution is -1.97. The summed E-state index contributed by atoms with van der Waals surface area (Å²) in [4.78, 5) is 10.5. The summed E-state index contributed by atoms with van der Waals surface area (Å²) in [6.45, 7) is 0. The van der Waals surface area contributed by atoms with Gasteiger partial charge in [-0.1, -0.05) is 140 Å². The smallest absolute Gasteiger partial charge is 0.160 e. The number of para-hydroxylation sites is 2. The predicted octanol–water partition coefficient (Wildman–Crippen LogP) is 14.3. The molecule has 0 aliphatic carbocycles. The van der Waals surface area contributed by atoms with Crippen LogP contribution in [-0.4, -0.2) is 9.97 Å². The maximum absolute atomic E-state index is 6.81. The number of aromatic nitrogens is 2. The second-order valence-electron chi connectivity index (χ2n) is 14.1. The Kier molecular flexibility index (Phi) is 7.46. The van der Waals surface area contributed by atoms with Crippen molar-refractivity contribution in [3.63, 3.8) is 0 Å². The van der Waals surface area contributed by atoms with E-state index in [0.717, 1.165) is 105 Å². The fourth-order valence-electron chi connectivity index (χ4n) is 7.98. The first-order valence-corrected chi connectivity index (χ1v) is 18.8. The molecule has 0 aliphatic heterocycles. The van der Waals surface area contributed by atoms with Gasteiger partial charge >= 0.3 is 0 Å². The zero-order valence-electron chi connectivity index (χ0n) is 30.2. The Morgan fingerprint density at radius 2 is 0.839 bits per heavy atom. The molecule has 56 heavy (non-hydrogen) atoms. The van der Waals surface area contributed by atoms with Crippen molar-refractivity contribution in [2.75, 3.05) is 0 Å².